The summed E-state index contributed by atoms with van der Waals surface area (Å²) in [5.41, 5.74) is 2.08. The number of benzene rings is 1. The third-order valence-corrected chi connectivity index (χ3v) is 4.26. The summed E-state index contributed by atoms with van der Waals surface area (Å²) in [6.07, 6.45) is 2.33. The van der Waals surface area contributed by atoms with E-state index in [2.05, 4.69) is 10.3 Å². The van der Waals surface area contributed by atoms with Crippen molar-refractivity contribution in [3.8, 4) is 10.6 Å². The number of rotatable bonds is 9. The third kappa shape index (κ3) is 6.20. The van der Waals surface area contributed by atoms with Gasteiger partial charge in [-0.3, -0.25) is 9.59 Å². The first-order valence-corrected chi connectivity index (χ1v) is 8.51. The maximum atomic E-state index is 11.6. The van der Waals surface area contributed by atoms with Gasteiger partial charge < -0.3 is 10.4 Å². The molecule has 0 aliphatic heterocycles. The van der Waals surface area contributed by atoms with E-state index in [1.807, 2.05) is 35.7 Å². The summed E-state index contributed by atoms with van der Waals surface area (Å²) in [6, 6.07) is 10.0. The lowest BCUT2D eigenvalue weighted by Crippen LogP contribution is -2.25. The Morgan fingerprint density at radius 1 is 1.13 bits per heavy atom. The molecule has 0 fully saturated rings. The van der Waals surface area contributed by atoms with Gasteiger partial charge in [-0.2, -0.15) is 0 Å². The number of nitrogens with zero attached hydrogens (tertiary/aromatic N) is 1. The summed E-state index contributed by atoms with van der Waals surface area (Å²) in [7, 11) is 0. The Labute approximate surface area is 139 Å². The Morgan fingerprint density at radius 3 is 2.61 bits per heavy atom. The topological polar surface area (TPSA) is 79.3 Å². The SMILES string of the molecule is O=C(O)CCCCC(=O)NCCc1csc(-c2ccccc2)n1. The van der Waals surface area contributed by atoms with Crippen LogP contribution in [0.25, 0.3) is 10.6 Å². The summed E-state index contributed by atoms with van der Waals surface area (Å²) in [6.45, 7) is 0.551. The predicted octanol–water partition coefficient (Wildman–Crippen LogP) is 3.11. The molecule has 0 saturated heterocycles. The largest absolute Gasteiger partial charge is 0.481 e. The van der Waals surface area contributed by atoms with E-state index in [0.717, 1.165) is 16.3 Å². The zero-order valence-corrected chi connectivity index (χ0v) is 13.6. The molecule has 0 saturated carbocycles. The average Bonchev–Trinajstić information content (AvgIpc) is 3.01. The molecule has 0 unspecified atom stereocenters. The number of amides is 1. The summed E-state index contributed by atoms with van der Waals surface area (Å²) >= 11 is 1.60. The van der Waals surface area contributed by atoms with Crippen molar-refractivity contribution in [2.45, 2.75) is 32.1 Å². The highest BCUT2D eigenvalue weighted by atomic mass is 32.1. The third-order valence-electron chi connectivity index (χ3n) is 3.32. The Bertz CT molecular complexity index is 640. The second-order valence-electron chi connectivity index (χ2n) is 5.21. The van der Waals surface area contributed by atoms with Crippen LogP contribution >= 0.6 is 11.3 Å². The summed E-state index contributed by atoms with van der Waals surface area (Å²) in [4.78, 5) is 26.6. The van der Waals surface area contributed by atoms with Gasteiger partial charge in [-0.1, -0.05) is 30.3 Å². The van der Waals surface area contributed by atoms with Crippen molar-refractivity contribution in [2.24, 2.45) is 0 Å². The first-order chi connectivity index (χ1) is 11.1. The smallest absolute Gasteiger partial charge is 0.303 e. The van der Waals surface area contributed by atoms with Crippen LogP contribution in [0.1, 0.15) is 31.4 Å². The van der Waals surface area contributed by atoms with E-state index in [1.54, 1.807) is 11.3 Å². The summed E-state index contributed by atoms with van der Waals surface area (Å²) in [5.74, 6) is -0.850. The monoisotopic (exact) mass is 332 g/mol. The molecule has 0 atom stereocenters. The number of aliphatic carboxylic acids is 1. The normalized spacial score (nSPS) is 10.4. The Morgan fingerprint density at radius 2 is 1.87 bits per heavy atom. The minimum Gasteiger partial charge on any atom is -0.481 e. The van der Waals surface area contributed by atoms with Gasteiger partial charge in [0.2, 0.25) is 5.91 Å². The van der Waals surface area contributed by atoms with E-state index in [0.29, 0.717) is 32.2 Å². The molecule has 6 heteroatoms. The van der Waals surface area contributed by atoms with Gasteiger partial charge in [-0.05, 0) is 12.8 Å². The van der Waals surface area contributed by atoms with E-state index in [-0.39, 0.29) is 12.3 Å². The van der Waals surface area contributed by atoms with Crippen molar-refractivity contribution in [1.82, 2.24) is 10.3 Å². The van der Waals surface area contributed by atoms with Gasteiger partial charge in [0.25, 0.3) is 0 Å². The van der Waals surface area contributed by atoms with Crippen LogP contribution in [-0.2, 0) is 16.0 Å². The molecule has 0 aliphatic carbocycles. The molecule has 23 heavy (non-hydrogen) atoms. The summed E-state index contributed by atoms with van der Waals surface area (Å²) in [5, 5.41) is 14.4. The van der Waals surface area contributed by atoms with Crippen molar-refractivity contribution in [3.05, 3.63) is 41.4 Å². The maximum absolute atomic E-state index is 11.6. The molecule has 1 heterocycles. The highest BCUT2D eigenvalue weighted by molar-refractivity contribution is 7.13. The first-order valence-electron chi connectivity index (χ1n) is 7.63. The average molecular weight is 332 g/mol. The highest BCUT2D eigenvalue weighted by Gasteiger charge is 2.06. The molecule has 1 aromatic carbocycles. The molecule has 1 aromatic heterocycles. The second kappa shape index (κ2) is 9.05. The number of hydrogen-bond donors (Lipinski definition) is 2. The van der Waals surface area contributed by atoms with Crippen LogP contribution in [0, 0.1) is 0 Å². The molecule has 0 bridgehead atoms. The zero-order valence-electron chi connectivity index (χ0n) is 12.8. The van der Waals surface area contributed by atoms with Crippen LogP contribution in [0.4, 0.5) is 0 Å². The highest BCUT2D eigenvalue weighted by Crippen LogP contribution is 2.23. The Hall–Kier alpha value is -2.21. The molecule has 5 nitrogen and oxygen atoms in total. The lowest BCUT2D eigenvalue weighted by Gasteiger charge is -2.03. The minimum atomic E-state index is -0.817. The molecule has 122 valence electrons. The number of carboxylic acid groups (broad SMARTS) is 1. The van der Waals surface area contributed by atoms with E-state index in [1.165, 1.54) is 0 Å². The Balaban J connectivity index is 1.67. The van der Waals surface area contributed by atoms with Gasteiger partial charge >= 0.3 is 5.97 Å². The second-order valence-corrected chi connectivity index (χ2v) is 6.07. The fourth-order valence-corrected chi connectivity index (χ4v) is 2.98. The number of hydrogen-bond acceptors (Lipinski definition) is 4. The number of carboxylic acids is 1. The van der Waals surface area contributed by atoms with Crippen molar-refractivity contribution in [1.29, 1.82) is 0 Å². The van der Waals surface area contributed by atoms with Crippen LogP contribution in [0.15, 0.2) is 35.7 Å². The number of unbranched alkanes of at least 4 members (excludes halogenated alkanes) is 1. The number of carbonyl (C=O) groups excluding carboxylic acids is 1. The zero-order chi connectivity index (χ0) is 16.5. The van der Waals surface area contributed by atoms with Gasteiger partial charge in [-0.25, -0.2) is 4.98 Å². The maximum Gasteiger partial charge on any atom is 0.303 e. The van der Waals surface area contributed by atoms with Gasteiger partial charge in [0.15, 0.2) is 0 Å². The van der Waals surface area contributed by atoms with Gasteiger partial charge in [0.1, 0.15) is 5.01 Å². The summed E-state index contributed by atoms with van der Waals surface area (Å²) < 4.78 is 0. The van der Waals surface area contributed by atoms with Crippen molar-refractivity contribution in [3.63, 3.8) is 0 Å². The van der Waals surface area contributed by atoms with Crippen molar-refractivity contribution >= 4 is 23.2 Å². The van der Waals surface area contributed by atoms with Crippen LogP contribution in [0.2, 0.25) is 0 Å². The predicted molar refractivity (Wildman–Crippen MR) is 90.4 cm³/mol. The quantitative estimate of drug-likeness (QED) is 0.692. The molecule has 2 aromatic rings. The Kier molecular flexibility index (Phi) is 6.75. The molecule has 0 spiro atoms. The number of carbonyl (C=O) groups is 2. The number of aromatic nitrogens is 1. The van der Waals surface area contributed by atoms with Gasteiger partial charge in [-0.15, -0.1) is 11.3 Å². The molecule has 1 amide bonds. The van der Waals surface area contributed by atoms with E-state index < -0.39 is 5.97 Å². The van der Waals surface area contributed by atoms with Crippen molar-refractivity contribution in [2.75, 3.05) is 6.54 Å². The van der Waals surface area contributed by atoms with Gasteiger partial charge in [0, 0.05) is 36.8 Å². The van der Waals surface area contributed by atoms with E-state index >= 15 is 0 Å². The van der Waals surface area contributed by atoms with Crippen LogP contribution in [-0.4, -0.2) is 28.5 Å². The van der Waals surface area contributed by atoms with Crippen LogP contribution < -0.4 is 5.32 Å². The van der Waals surface area contributed by atoms with E-state index in [9.17, 15) is 9.59 Å². The fourth-order valence-electron chi connectivity index (χ4n) is 2.12. The number of nitrogens with one attached hydrogen (secondary N) is 1. The van der Waals surface area contributed by atoms with Crippen LogP contribution in [0.3, 0.4) is 0 Å². The molecular weight excluding hydrogens is 312 g/mol. The van der Waals surface area contributed by atoms with Crippen molar-refractivity contribution < 1.29 is 14.7 Å². The molecule has 0 aliphatic rings. The first kappa shape index (κ1) is 17.1. The lowest BCUT2D eigenvalue weighted by atomic mass is 10.2. The standard InChI is InChI=1S/C17H20N2O3S/c20-15(8-4-5-9-16(21)22)18-11-10-14-12-23-17(19-14)13-6-2-1-3-7-13/h1-3,6-7,12H,4-5,8-11H2,(H,18,20)(H,21,22). The number of thiazole rings is 1. The van der Waals surface area contributed by atoms with E-state index in [4.69, 9.17) is 5.11 Å². The minimum absolute atomic E-state index is 0.0334. The fraction of sp³-hybridized carbons (Fsp3) is 0.353. The molecule has 0 radical (unpaired) electrons. The van der Waals surface area contributed by atoms with Gasteiger partial charge in [0.05, 0.1) is 5.69 Å². The molecular formula is C17H20N2O3S. The molecule has 2 N–H and O–H groups in total. The lowest BCUT2D eigenvalue weighted by molar-refractivity contribution is -0.137. The molecule has 2 rings (SSSR count). The van der Waals surface area contributed by atoms with Crippen LogP contribution in [0.5, 0.6) is 0 Å².